The van der Waals surface area contributed by atoms with Gasteiger partial charge in [-0.2, -0.15) is 0 Å². The number of thiazole rings is 1. The standard InChI is InChI=1S/C23H24N6OS/c24-22-26-12-17(13-27-22)16-8-19(14-25-11-16)30-18-6-7-20-21(9-18)31-23(29-20)28-10-15-4-2-1-3-5-15/h6-9,11-15H,1-5,10H2,(H,28,29)(H2,24,26,27). The summed E-state index contributed by atoms with van der Waals surface area (Å²) in [6.07, 6.45) is 13.5. The number of anilines is 2. The van der Waals surface area contributed by atoms with Crippen LogP contribution in [0.3, 0.4) is 0 Å². The minimum absolute atomic E-state index is 0.245. The molecule has 1 aliphatic carbocycles. The van der Waals surface area contributed by atoms with E-state index in [1.807, 2.05) is 24.3 Å². The molecule has 0 aliphatic heterocycles. The molecule has 3 heterocycles. The summed E-state index contributed by atoms with van der Waals surface area (Å²) in [4.78, 5) is 17.1. The number of nitrogens with two attached hydrogens (primary N) is 1. The third-order valence-corrected chi connectivity index (χ3v) is 6.56. The minimum Gasteiger partial charge on any atom is -0.456 e. The van der Waals surface area contributed by atoms with Crippen molar-refractivity contribution in [3.05, 3.63) is 49.1 Å². The van der Waals surface area contributed by atoms with Crippen LogP contribution < -0.4 is 15.8 Å². The number of hydrogen-bond acceptors (Lipinski definition) is 8. The molecule has 0 spiro atoms. The molecule has 0 bridgehead atoms. The van der Waals surface area contributed by atoms with Crippen molar-refractivity contribution in [3.8, 4) is 22.6 Å². The normalized spacial score (nSPS) is 14.6. The lowest BCUT2D eigenvalue weighted by atomic mass is 9.89. The number of nitrogen functional groups attached to an aromatic ring is 1. The number of aromatic nitrogens is 4. The highest BCUT2D eigenvalue weighted by molar-refractivity contribution is 7.22. The summed E-state index contributed by atoms with van der Waals surface area (Å²) in [6.45, 7) is 1.01. The van der Waals surface area contributed by atoms with E-state index >= 15 is 0 Å². The highest BCUT2D eigenvalue weighted by Crippen LogP contribution is 2.33. The molecule has 0 atom stereocenters. The van der Waals surface area contributed by atoms with Gasteiger partial charge in [-0.3, -0.25) is 4.98 Å². The van der Waals surface area contributed by atoms with Crippen molar-refractivity contribution in [2.45, 2.75) is 32.1 Å². The lowest BCUT2D eigenvalue weighted by Gasteiger charge is -2.21. The first-order valence-corrected chi connectivity index (χ1v) is 11.4. The Balaban J connectivity index is 1.29. The van der Waals surface area contributed by atoms with Crippen molar-refractivity contribution in [1.29, 1.82) is 0 Å². The number of fused-ring (bicyclic) bond motifs is 1. The molecule has 1 saturated carbocycles. The Morgan fingerprint density at radius 3 is 2.65 bits per heavy atom. The minimum atomic E-state index is 0.245. The summed E-state index contributed by atoms with van der Waals surface area (Å²) in [6, 6.07) is 7.87. The molecule has 5 rings (SSSR count). The van der Waals surface area contributed by atoms with E-state index < -0.39 is 0 Å². The van der Waals surface area contributed by atoms with Gasteiger partial charge in [-0.1, -0.05) is 30.6 Å². The van der Waals surface area contributed by atoms with Crippen LogP contribution in [0.25, 0.3) is 21.3 Å². The fraction of sp³-hybridized carbons (Fsp3) is 0.304. The zero-order valence-electron chi connectivity index (χ0n) is 17.1. The smallest absolute Gasteiger partial charge is 0.219 e. The fourth-order valence-corrected chi connectivity index (χ4v) is 4.82. The molecule has 4 aromatic rings. The van der Waals surface area contributed by atoms with E-state index in [2.05, 4.69) is 20.3 Å². The van der Waals surface area contributed by atoms with Crippen molar-refractivity contribution in [2.24, 2.45) is 5.92 Å². The van der Waals surface area contributed by atoms with Crippen LogP contribution in [-0.4, -0.2) is 26.5 Å². The summed E-state index contributed by atoms with van der Waals surface area (Å²) in [5.41, 5.74) is 8.25. The highest BCUT2D eigenvalue weighted by atomic mass is 32.1. The number of benzene rings is 1. The van der Waals surface area contributed by atoms with Gasteiger partial charge in [0.2, 0.25) is 5.95 Å². The van der Waals surface area contributed by atoms with Gasteiger partial charge in [0, 0.05) is 42.3 Å². The molecular formula is C23H24N6OS. The van der Waals surface area contributed by atoms with E-state index in [0.717, 1.165) is 44.7 Å². The Bertz CT molecular complexity index is 1170. The number of pyridine rings is 1. The SMILES string of the molecule is Nc1ncc(-c2cncc(Oc3ccc4nc(NCC5CCCCC5)sc4c3)c2)cn1. The van der Waals surface area contributed by atoms with Crippen LogP contribution in [-0.2, 0) is 0 Å². The molecule has 1 fully saturated rings. The third-order valence-electron chi connectivity index (χ3n) is 5.58. The predicted octanol–water partition coefficient (Wildman–Crippen LogP) is 5.52. The maximum Gasteiger partial charge on any atom is 0.219 e. The zero-order chi connectivity index (χ0) is 21.0. The van der Waals surface area contributed by atoms with Gasteiger partial charge in [-0.25, -0.2) is 15.0 Å². The lowest BCUT2D eigenvalue weighted by Crippen LogP contribution is -2.16. The van der Waals surface area contributed by atoms with E-state index in [9.17, 15) is 0 Å². The first-order valence-electron chi connectivity index (χ1n) is 10.6. The van der Waals surface area contributed by atoms with Gasteiger partial charge < -0.3 is 15.8 Å². The van der Waals surface area contributed by atoms with Crippen LogP contribution in [0.1, 0.15) is 32.1 Å². The fourth-order valence-electron chi connectivity index (χ4n) is 3.92. The molecule has 0 saturated heterocycles. The summed E-state index contributed by atoms with van der Waals surface area (Å²) in [7, 11) is 0. The van der Waals surface area contributed by atoms with E-state index in [-0.39, 0.29) is 5.95 Å². The van der Waals surface area contributed by atoms with E-state index in [4.69, 9.17) is 15.5 Å². The third kappa shape index (κ3) is 4.74. The second kappa shape index (κ2) is 8.85. The van der Waals surface area contributed by atoms with Crippen LogP contribution >= 0.6 is 11.3 Å². The Morgan fingerprint density at radius 2 is 1.81 bits per heavy atom. The summed E-state index contributed by atoms with van der Waals surface area (Å²) in [5.74, 6) is 2.41. The van der Waals surface area contributed by atoms with Crippen molar-refractivity contribution in [2.75, 3.05) is 17.6 Å². The zero-order valence-corrected chi connectivity index (χ0v) is 17.9. The topological polar surface area (TPSA) is 98.8 Å². The van der Waals surface area contributed by atoms with Gasteiger partial charge in [0.15, 0.2) is 5.13 Å². The number of ether oxygens (including phenoxy) is 1. The predicted molar refractivity (Wildman–Crippen MR) is 124 cm³/mol. The molecule has 3 N–H and O–H groups in total. The van der Waals surface area contributed by atoms with Gasteiger partial charge in [0.25, 0.3) is 0 Å². The van der Waals surface area contributed by atoms with E-state index in [0.29, 0.717) is 5.75 Å². The van der Waals surface area contributed by atoms with E-state index in [1.165, 1.54) is 32.1 Å². The lowest BCUT2D eigenvalue weighted by molar-refractivity contribution is 0.373. The van der Waals surface area contributed by atoms with Crippen LogP contribution in [0, 0.1) is 5.92 Å². The molecule has 3 aromatic heterocycles. The molecular weight excluding hydrogens is 408 g/mol. The van der Waals surface area contributed by atoms with Gasteiger partial charge in [-0.15, -0.1) is 0 Å². The number of nitrogens with zero attached hydrogens (tertiary/aromatic N) is 4. The van der Waals surface area contributed by atoms with Gasteiger partial charge in [0.05, 0.1) is 16.4 Å². The van der Waals surface area contributed by atoms with Gasteiger partial charge in [-0.05, 0) is 37.0 Å². The summed E-state index contributed by atoms with van der Waals surface area (Å²) < 4.78 is 7.16. The van der Waals surface area contributed by atoms with Crippen LogP contribution in [0.5, 0.6) is 11.5 Å². The molecule has 0 unspecified atom stereocenters. The maximum atomic E-state index is 6.07. The maximum absolute atomic E-state index is 6.07. The Morgan fingerprint density at radius 1 is 0.968 bits per heavy atom. The Kier molecular flexibility index (Phi) is 5.62. The molecule has 8 heteroatoms. The number of nitrogens with one attached hydrogen (secondary N) is 1. The molecule has 0 amide bonds. The quantitative estimate of drug-likeness (QED) is 0.414. The molecule has 7 nitrogen and oxygen atoms in total. The van der Waals surface area contributed by atoms with E-state index in [1.54, 1.807) is 36.1 Å². The van der Waals surface area contributed by atoms with Gasteiger partial charge in [0.1, 0.15) is 11.5 Å². The molecule has 0 radical (unpaired) electrons. The molecule has 158 valence electrons. The largest absolute Gasteiger partial charge is 0.456 e. The van der Waals surface area contributed by atoms with Crippen LogP contribution in [0.2, 0.25) is 0 Å². The molecule has 1 aliphatic rings. The second-order valence-corrected chi connectivity index (χ2v) is 8.91. The van der Waals surface area contributed by atoms with Crippen molar-refractivity contribution >= 4 is 32.6 Å². The Labute approximate surface area is 184 Å². The average molecular weight is 433 g/mol. The Hall–Kier alpha value is -3.26. The first kappa shape index (κ1) is 19.7. The van der Waals surface area contributed by atoms with Crippen molar-refractivity contribution in [3.63, 3.8) is 0 Å². The number of hydrogen-bond donors (Lipinski definition) is 2. The monoisotopic (exact) mass is 432 g/mol. The average Bonchev–Trinajstić information content (AvgIpc) is 3.21. The summed E-state index contributed by atoms with van der Waals surface area (Å²) >= 11 is 1.67. The van der Waals surface area contributed by atoms with Gasteiger partial charge >= 0.3 is 0 Å². The molecule has 1 aromatic carbocycles. The van der Waals surface area contributed by atoms with Crippen molar-refractivity contribution in [1.82, 2.24) is 19.9 Å². The van der Waals surface area contributed by atoms with Crippen LogP contribution in [0.4, 0.5) is 11.1 Å². The van der Waals surface area contributed by atoms with Crippen LogP contribution in [0.15, 0.2) is 49.1 Å². The van der Waals surface area contributed by atoms with Crippen molar-refractivity contribution < 1.29 is 4.74 Å². The second-order valence-electron chi connectivity index (χ2n) is 7.87. The highest BCUT2D eigenvalue weighted by Gasteiger charge is 2.14. The first-order chi connectivity index (χ1) is 15.2. The molecule has 31 heavy (non-hydrogen) atoms. The number of rotatable bonds is 6. The summed E-state index contributed by atoms with van der Waals surface area (Å²) in [5, 5.41) is 4.51.